The minimum atomic E-state index is -0.613. The van der Waals surface area contributed by atoms with Gasteiger partial charge in [-0.15, -0.1) is 0 Å². The number of amides is 1. The standard InChI is InChI=1S/C22H26N6O4/c1-15(16-4-5-17(30-2)18(12-16)31-3)25-21(29)19-13-27(10-11-32-19)20-6-7-24-22(26-20)28-9-8-23-14-28/h4-9,12,14-15,19H,10-11,13H2,1-3H3,(H,25,29). The zero-order chi connectivity index (χ0) is 22.5. The highest BCUT2D eigenvalue weighted by Gasteiger charge is 2.28. The average molecular weight is 438 g/mol. The Morgan fingerprint density at radius 3 is 2.81 bits per heavy atom. The molecule has 1 aliphatic heterocycles. The first-order valence-corrected chi connectivity index (χ1v) is 10.3. The number of carbonyl (C=O) groups is 1. The molecule has 2 unspecified atom stereocenters. The molecule has 0 radical (unpaired) electrons. The van der Waals surface area contributed by atoms with Gasteiger partial charge >= 0.3 is 0 Å². The number of imidazole rings is 1. The molecule has 32 heavy (non-hydrogen) atoms. The zero-order valence-electron chi connectivity index (χ0n) is 18.3. The Morgan fingerprint density at radius 2 is 2.06 bits per heavy atom. The summed E-state index contributed by atoms with van der Waals surface area (Å²) in [6.45, 7) is 3.37. The number of nitrogens with one attached hydrogen (secondary N) is 1. The highest BCUT2D eigenvalue weighted by Crippen LogP contribution is 2.30. The van der Waals surface area contributed by atoms with Crippen molar-refractivity contribution in [2.24, 2.45) is 0 Å². The second-order valence-corrected chi connectivity index (χ2v) is 7.33. The summed E-state index contributed by atoms with van der Waals surface area (Å²) < 4.78 is 18.1. The minimum absolute atomic E-state index is 0.180. The van der Waals surface area contributed by atoms with E-state index in [1.165, 1.54) is 0 Å². The fraction of sp³-hybridized carbons (Fsp3) is 0.364. The molecule has 2 aromatic heterocycles. The minimum Gasteiger partial charge on any atom is -0.493 e. The molecular weight excluding hydrogens is 412 g/mol. The molecule has 1 aliphatic rings. The molecule has 3 aromatic rings. The topological polar surface area (TPSA) is 104 Å². The van der Waals surface area contributed by atoms with E-state index in [9.17, 15) is 4.79 Å². The first kappa shape index (κ1) is 21.6. The lowest BCUT2D eigenvalue weighted by Gasteiger charge is -2.33. The van der Waals surface area contributed by atoms with Gasteiger partial charge in [-0.3, -0.25) is 9.36 Å². The predicted octanol–water partition coefficient (Wildman–Crippen LogP) is 1.76. The lowest BCUT2D eigenvalue weighted by molar-refractivity contribution is -0.134. The molecule has 2 atom stereocenters. The molecular formula is C22H26N6O4. The number of methoxy groups -OCH3 is 2. The number of rotatable bonds is 7. The maximum Gasteiger partial charge on any atom is 0.251 e. The Morgan fingerprint density at radius 1 is 1.22 bits per heavy atom. The van der Waals surface area contributed by atoms with Crippen LogP contribution in [0.15, 0.2) is 49.2 Å². The van der Waals surface area contributed by atoms with Crippen LogP contribution in [0.25, 0.3) is 5.95 Å². The molecule has 0 bridgehead atoms. The fourth-order valence-corrected chi connectivity index (χ4v) is 3.54. The number of aromatic nitrogens is 4. The van der Waals surface area contributed by atoms with Gasteiger partial charge in [0.15, 0.2) is 17.6 Å². The maximum atomic E-state index is 12.9. The van der Waals surface area contributed by atoms with Gasteiger partial charge in [0.1, 0.15) is 12.1 Å². The summed E-state index contributed by atoms with van der Waals surface area (Å²) in [5, 5.41) is 3.03. The van der Waals surface area contributed by atoms with Crippen molar-refractivity contribution in [1.29, 1.82) is 0 Å². The molecule has 4 rings (SSSR count). The van der Waals surface area contributed by atoms with Gasteiger partial charge in [0.2, 0.25) is 5.95 Å². The van der Waals surface area contributed by atoms with Crippen molar-refractivity contribution in [3.63, 3.8) is 0 Å². The zero-order valence-corrected chi connectivity index (χ0v) is 18.3. The first-order chi connectivity index (χ1) is 15.6. The number of carbonyl (C=O) groups excluding carboxylic acids is 1. The Hall–Kier alpha value is -3.66. The van der Waals surface area contributed by atoms with Crippen LogP contribution in [-0.2, 0) is 9.53 Å². The summed E-state index contributed by atoms with van der Waals surface area (Å²) in [6, 6.07) is 7.18. The summed E-state index contributed by atoms with van der Waals surface area (Å²) >= 11 is 0. The molecule has 1 N–H and O–H groups in total. The Kier molecular flexibility index (Phi) is 6.50. The van der Waals surface area contributed by atoms with Gasteiger partial charge in [0, 0.05) is 25.1 Å². The molecule has 168 valence electrons. The van der Waals surface area contributed by atoms with Gasteiger partial charge in [-0.05, 0) is 30.7 Å². The number of benzene rings is 1. The highest BCUT2D eigenvalue weighted by molar-refractivity contribution is 5.82. The van der Waals surface area contributed by atoms with Gasteiger partial charge < -0.3 is 24.4 Å². The van der Waals surface area contributed by atoms with Crippen LogP contribution in [0.2, 0.25) is 0 Å². The normalized spacial score (nSPS) is 17.0. The van der Waals surface area contributed by atoms with E-state index < -0.39 is 6.10 Å². The number of morpholine rings is 1. The average Bonchev–Trinajstić information content (AvgIpc) is 3.39. The predicted molar refractivity (Wildman–Crippen MR) is 117 cm³/mol. The van der Waals surface area contributed by atoms with Crippen molar-refractivity contribution in [1.82, 2.24) is 24.8 Å². The van der Waals surface area contributed by atoms with Crippen LogP contribution in [0.5, 0.6) is 11.5 Å². The lowest BCUT2D eigenvalue weighted by Crippen LogP contribution is -2.50. The highest BCUT2D eigenvalue weighted by atomic mass is 16.5. The Labute approximate surface area is 186 Å². The summed E-state index contributed by atoms with van der Waals surface area (Å²) in [6.07, 6.45) is 6.18. The van der Waals surface area contributed by atoms with Crippen LogP contribution in [0.3, 0.4) is 0 Å². The molecule has 1 amide bonds. The van der Waals surface area contributed by atoms with Gasteiger partial charge in [0.05, 0.1) is 33.4 Å². The fourth-order valence-electron chi connectivity index (χ4n) is 3.54. The lowest BCUT2D eigenvalue weighted by atomic mass is 10.1. The maximum absolute atomic E-state index is 12.9. The molecule has 1 aromatic carbocycles. The van der Waals surface area contributed by atoms with Crippen LogP contribution in [-0.4, -0.2) is 65.4 Å². The summed E-state index contributed by atoms with van der Waals surface area (Å²) in [5.41, 5.74) is 0.907. The third kappa shape index (κ3) is 4.65. The van der Waals surface area contributed by atoms with Crippen molar-refractivity contribution in [2.75, 3.05) is 38.8 Å². The third-order valence-electron chi connectivity index (χ3n) is 5.31. The first-order valence-electron chi connectivity index (χ1n) is 10.3. The van der Waals surface area contributed by atoms with Gasteiger partial charge in [-0.1, -0.05) is 6.07 Å². The third-order valence-corrected chi connectivity index (χ3v) is 5.31. The van der Waals surface area contributed by atoms with Crippen molar-refractivity contribution >= 4 is 11.7 Å². The molecule has 0 aliphatic carbocycles. The van der Waals surface area contributed by atoms with Gasteiger partial charge in [-0.2, -0.15) is 4.98 Å². The molecule has 3 heterocycles. The van der Waals surface area contributed by atoms with Crippen molar-refractivity contribution < 1.29 is 19.0 Å². The van der Waals surface area contributed by atoms with Gasteiger partial charge in [0.25, 0.3) is 5.91 Å². The molecule has 0 spiro atoms. The van der Waals surface area contributed by atoms with Crippen LogP contribution < -0.4 is 19.7 Å². The number of nitrogens with zero attached hydrogens (tertiary/aromatic N) is 5. The van der Waals surface area contributed by atoms with E-state index in [0.29, 0.717) is 37.1 Å². The summed E-state index contributed by atoms with van der Waals surface area (Å²) in [4.78, 5) is 27.9. The van der Waals surface area contributed by atoms with Crippen LogP contribution in [0.1, 0.15) is 18.5 Å². The SMILES string of the molecule is COc1ccc(C(C)NC(=O)C2CN(c3ccnc(-n4ccnc4)n3)CCO2)cc1OC. The van der Waals surface area contributed by atoms with E-state index in [-0.39, 0.29) is 11.9 Å². The molecule has 0 saturated carbocycles. The van der Waals surface area contributed by atoms with Crippen LogP contribution in [0.4, 0.5) is 5.82 Å². The number of hydrogen-bond acceptors (Lipinski definition) is 8. The van der Waals surface area contributed by atoms with E-state index in [2.05, 4.69) is 20.3 Å². The second-order valence-electron chi connectivity index (χ2n) is 7.33. The quantitative estimate of drug-likeness (QED) is 0.595. The van der Waals surface area contributed by atoms with E-state index in [1.54, 1.807) is 43.7 Å². The second kappa shape index (κ2) is 9.65. The van der Waals surface area contributed by atoms with Crippen molar-refractivity contribution in [3.05, 3.63) is 54.7 Å². The molecule has 10 nitrogen and oxygen atoms in total. The van der Waals surface area contributed by atoms with E-state index in [1.807, 2.05) is 36.1 Å². The van der Waals surface area contributed by atoms with Crippen LogP contribution >= 0.6 is 0 Å². The molecule has 10 heteroatoms. The van der Waals surface area contributed by atoms with E-state index >= 15 is 0 Å². The Bertz CT molecular complexity index is 1060. The van der Waals surface area contributed by atoms with Gasteiger partial charge in [-0.25, -0.2) is 9.97 Å². The monoisotopic (exact) mass is 438 g/mol. The number of ether oxygens (including phenoxy) is 3. The van der Waals surface area contributed by atoms with E-state index in [4.69, 9.17) is 14.2 Å². The summed E-state index contributed by atoms with van der Waals surface area (Å²) in [5.74, 6) is 2.33. The van der Waals surface area contributed by atoms with E-state index in [0.717, 1.165) is 11.4 Å². The number of anilines is 1. The van der Waals surface area contributed by atoms with Crippen LogP contribution in [0, 0.1) is 0 Å². The molecule has 1 fully saturated rings. The smallest absolute Gasteiger partial charge is 0.251 e. The van der Waals surface area contributed by atoms with Crippen molar-refractivity contribution in [3.8, 4) is 17.4 Å². The molecule has 1 saturated heterocycles. The summed E-state index contributed by atoms with van der Waals surface area (Å²) in [7, 11) is 3.17. The number of hydrogen-bond donors (Lipinski definition) is 1. The Balaban J connectivity index is 1.42. The van der Waals surface area contributed by atoms with Crippen molar-refractivity contribution in [2.45, 2.75) is 19.1 Å². The largest absolute Gasteiger partial charge is 0.493 e.